The van der Waals surface area contributed by atoms with Crippen molar-refractivity contribution in [3.63, 3.8) is 0 Å². The molecule has 8 heavy (non-hydrogen) atoms. The van der Waals surface area contributed by atoms with Gasteiger partial charge in [0.1, 0.15) is 0 Å². The van der Waals surface area contributed by atoms with E-state index in [-0.39, 0.29) is 2.85 Å². The average Bonchev–Trinajstić information content (AvgIpc) is 2.14. The quantitative estimate of drug-likeness (QED) is 0.590. The van der Waals surface area contributed by atoms with Crippen LogP contribution in [0.1, 0.15) is 22.6 Å². The molecule has 0 aromatic carbocycles. The zero-order valence-corrected chi connectivity index (χ0v) is 7.53. The van der Waals surface area contributed by atoms with Crippen LogP contribution in [0.2, 0.25) is 0 Å². The first-order valence-corrected chi connectivity index (χ1v) is 4.17. The Morgan fingerprint density at radius 2 is 2.62 bits per heavy atom. The summed E-state index contributed by atoms with van der Waals surface area (Å²) in [6, 6.07) is 0. The monoisotopic (exact) mass is 185 g/mol. The molecule has 0 bridgehead atoms. The van der Waals surface area contributed by atoms with Crippen molar-refractivity contribution < 1.29 is 27.6 Å². The zero-order chi connectivity index (χ0) is 5.98. The fourth-order valence-electron chi connectivity index (χ4n) is 0.882. The molecule has 0 atom stereocenters. The summed E-state index contributed by atoms with van der Waals surface area (Å²) in [4.78, 5) is 0. The molecule has 0 saturated heterocycles. The Morgan fingerprint density at radius 1 is 1.88 bits per heavy atom. The van der Waals surface area contributed by atoms with Gasteiger partial charge in [-0.3, -0.25) is 0 Å². The van der Waals surface area contributed by atoms with E-state index < -0.39 is 0 Å². The van der Waals surface area contributed by atoms with Crippen molar-refractivity contribution >= 4 is 0 Å². The van der Waals surface area contributed by atoms with Crippen LogP contribution in [0.4, 0.5) is 0 Å². The molecule has 0 fully saturated rings. The van der Waals surface area contributed by atoms with Crippen molar-refractivity contribution in [1.29, 1.82) is 0 Å². The Balaban J connectivity index is 0. The molecule has 0 aromatic rings. The largest absolute Gasteiger partial charge is 1.00 e. The van der Waals surface area contributed by atoms with Crippen LogP contribution in [-0.2, 0) is 24.7 Å². The summed E-state index contributed by atoms with van der Waals surface area (Å²) in [5.74, 6) is 0. The number of rotatable bonds is 1. The van der Waals surface area contributed by atoms with Crippen molar-refractivity contribution in [2.75, 3.05) is 0 Å². The van der Waals surface area contributed by atoms with Gasteiger partial charge in [-0.05, 0) is 0 Å². The van der Waals surface area contributed by atoms with Crippen LogP contribution in [0.15, 0.2) is 21.0 Å². The van der Waals surface area contributed by atoms with Crippen LogP contribution in [0, 0.1) is 0 Å². The van der Waals surface area contributed by atoms with Gasteiger partial charge in [-0.1, -0.05) is 0 Å². The van der Waals surface area contributed by atoms with Crippen LogP contribution >= 0.6 is 0 Å². The molecule has 0 radical (unpaired) electrons. The minimum Gasteiger partial charge on any atom is -1.00 e. The first-order valence-electron chi connectivity index (χ1n) is 2.94. The van der Waals surface area contributed by atoms with E-state index in [1.165, 1.54) is 12.8 Å². The third-order valence-corrected chi connectivity index (χ3v) is 2.70. The molecule has 0 unspecified atom stereocenters. The van der Waals surface area contributed by atoms with Crippen LogP contribution < -0.4 is 0 Å². The molecule has 1 aliphatic carbocycles. The van der Waals surface area contributed by atoms with Crippen LogP contribution in [0.3, 0.4) is 0 Å². The van der Waals surface area contributed by atoms with E-state index in [4.69, 9.17) is 0 Å². The Morgan fingerprint density at radius 3 is 2.88 bits per heavy atom. The summed E-state index contributed by atoms with van der Waals surface area (Å²) < 4.78 is 1.64. The first kappa shape index (κ1) is 6.48. The van der Waals surface area contributed by atoms with E-state index >= 15 is 0 Å². The van der Waals surface area contributed by atoms with Gasteiger partial charge in [-0.15, -0.1) is 0 Å². The Bertz CT molecular complexity index is 150. The summed E-state index contributed by atoms with van der Waals surface area (Å²) in [6.07, 6.45) is 6.95. The second-order valence-corrected chi connectivity index (χ2v) is 3.45. The molecule has 0 saturated carbocycles. The standard InChI is InChI=1S/C7H9.Zr.2H/c1-2-7-5-3-4-6-7;;;/h3,5H,2,4H2,1H3;;;/q;;2*-1. The number of hydrogen-bond acceptors (Lipinski definition) is 0. The van der Waals surface area contributed by atoms with Gasteiger partial charge in [0, 0.05) is 0 Å². The third kappa shape index (κ3) is 1.20. The maximum Gasteiger partial charge on any atom is -1.00 e. The second kappa shape index (κ2) is 2.78. The summed E-state index contributed by atoms with van der Waals surface area (Å²) in [7, 11) is 0. The molecule has 1 heteroatoms. The smallest absolute Gasteiger partial charge is 1.00 e. The molecule has 1 rings (SSSR count). The Kier molecular flexibility index (Phi) is 2.25. The van der Waals surface area contributed by atoms with E-state index in [0.29, 0.717) is 0 Å². The fraction of sp³-hybridized carbons (Fsp3) is 0.429. The van der Waals surface area contributed by atoms with E-state index in [1.54, 1.807) is 33.6 Å². The minimum absolute atomic E-state index is 0. The fourth-order valence-corrected chi connectivity index (χ4v) is 1.81. The predicted octanol–water partition coefficient (Wildman–Crippen LogP) is 2.38. The topological polar surface area (TPSA) is 0 Å². The molecule has 0 aromatic heterocycles. The Hall–Kier alpha value is 0.363. The molecular formula is C7H11Zr-2. The van der Waals surface area contributed by atoms with Gasteiger partial charge in [0.25, 0.3) is 0 Å². The summed E-state index contributed by atoms with van der Waals surface area (Å²) in [5.41, 5.74) is 1.57. The summed E-state index contributed by atoms with van der Waals surface area (Å²) >= 11 is 1.60. The van der Waals surface area contributed by atoms with E-state index in [0.717, 1.165) is 0 Å². The third-order valence-electron chi connectivity index (χ3n) is 1.41. The molecule has 0 heterocycles. The maximum absolute atomic E-state index is 2.25. The molecule has 0 N–H and O–H groups in total. The van der Waals surface area contributed by atoms with E-state index in [1.807, 2.05) is 0 Å². The predicted molar refractivity (Wildman–Crippen MR) is 33.3 cm³/mol. The minimum atomic E-state index is 0. The van der Waals surface area contributed by atoms with Crippen molar-refractivity contribution in [3.05, 3.63) is 21.0 Å². The molecule has 0 spiro atoms. The van der Waals surface area contributed by atoms with Crippen molar-refractivity contribution in [1.82, 2.24) is 0 Å². The molecule has 45 valence electrons. The van der Waals surface area contributed by atoms with Crippen molar-refractivity contribution in [2.45, 2.75) is 19.8 Å². The molecular weight excluding hydrogens is 175 g/mol. The van der Waals surface area contributed by atoms with Crippen molar-refractivity contribution in [2.24, 2.45) is 0 Å². The summed E-state index contributed by atoms with van der Waals surface area (Å²) in [6.45, 7) is 2.22. The normalized spacial score (nSPS) is 18.0. The molecule has 0 nitrogen and oxygen atoms in total. The van der Waals surface area contributed by atoms with Gasteiger partial charge >= 0.3 is 65.5 Å². The van der Waals surface area contributed by atoms with Gasteiger partial charge in [0.15, 0.2) is 0 Å². The first-order chi connectivity index (χ1) is 3.84. The van der Waals surface area contributed by atoms with Gasteiger partial charge < -0.3 is 2.85 Å². The second-order valence-electron chi connectivity index (χ2n) is 1.96. The number of hydrogen-bond donors (Lipinski definition) is 0. The molecule has 0 aliphatic heterocycles. The van der Waals surface area contributed by atoms with Gasteiger partial charge in [0.05, 0.1) is 0 Å². The van der Waals surface area contributed by atoms with Crippen molar-refractivity contribution in [3.8, 4) is 0 Å². The summed E-state index contributed by atoms with van der Waals surface area (Å²) in [5, 5.41) is 0. The molecule has 1 aliphatic rings. The number of allylic oxidation sites excluding steroid dienone is 4. The van der Waals surface area contributed by atoms with Crippen LogP contribution in [-0.4, -0.2) is 0 Å². The SMILES string of the molecule is CCC1=[C]([Zr])CC=C1.[H-].[H-]. The molecule has 0 amide bonds. The van der Waals surface area contributed by atoms with E-state index in [2.05, 4.69) is 19.1 Å². The van der Waals surface area contributed by atoms with Gasteiger partial charge in [-0.2, -0.15) is 0 Å². The average molecular weight is 186 g/mol. The van der Waals surface area contributed by atoms with Gasteiger partial charge in [0.2, 0.25) is 0 Å². The van der Waals surface area contributed by atoms with Crippen LogP contribution in [0.5, 0.6) is 0 Å². The van der Waals surface area contributed by atoms with E-state index in [9.17, 15) is 0 Å². The van der Waals surface area contributed by atoms with Crippen LogP contribution in [0.25, 0.3) is 0 Å². The Labute approximate surface area is 68.5 Å². The zero-order valence-electron chi connectivity index (χ0n) is 7.07. The van der Waals surface area contributed by atoms with Gasteiger partial charge in [-0.25, -0.2) is 0 Å². The maximum atomic E-state index is 2.25.